The van der Waals surface area contributed by atoms with Gasteiger partial charge in [0, 0.05) is 44.7 Å². The predicted octanol–water partition coefficient (Wildman–Crippen LogP) is 2.68. The van der Waals surface area contributed by atoms with Gasteiger partial charge >= 0.3 is 0 Å². The molecule has 2 unspecified atom stereocenters. The predicted molar refractivity (Wildman–Crippen MR) is 109 cm³/mol. The van der Waals surface area contributed by atoms with Crippen LogP contribution in [0.1, 0.15) is 57.4 Å². The monoisotopic (exact) mass is 385 g/mol. The van der Waals surface area contributed by atoms with Crippen LogP contribution in [-0.2, 0) is 14.4 Å². The summed E-state index contributed by atoms with van der Waals surface area (Å²) in [7, 11) is 0. The van der Waals surface area contributed by atoms with Gasteiger partial charge in [0.25, 0.3) is 0 Å². The van der Waals surface area contributed by atoms with Gasteiger partial charge < -0.3 is 15.1 Å². The second-order valence-corrected chi connectivity index (χ2v) is 7.90. The van der Waals surface area contributed by atoms with E-state index >= 15 is 0 Å². The van der Waals surface area contributed by atoms with Gasteiger partial charge in [-0.05, 0) is 36.8 Å². The van der Waals surface area contributed by atoms with E-state index in [0.29, 0.717) is 32.0 Å². The van der Waals surface area contributed by atoms with Gasteiger partial charge in [0.05, 0.1) is 5.92 Å². The van der Waals surface area contributed by atoms with Crippen molar-refractivity contribution in [3.63, 3.8) is 0 Å². The molecule has 2 aliphatic heterocycles. The minimum atomic E-state index is -0.314. The Balaban J connectivity index is 1.53. The number of likely N-dealkylation sites (tertiary alicyclic amines) is 1. The van der Waals surface area contributed by atoms with E-state index in [4.69, 9.17) is 0 Å². The first kappa shape index (κ1) is 20.4. The average Bonchev–Trinajstić information content (AvgIpc) is 3.30. The number of benzene rings is 1. The molecule has 6 heteroatoms. The summed E-state index contributed by atoms with van der Waals surface area (Å²) in [6.07, 6.45) is 3.58. The molecule has 3 amide bonds. The first-order valence-corrected chi connectivity index (χ1v) is 10.5. The fourth-order valence-electron chi connectivity index (χ4n) is 4.05. The van der Waals surface area contributed by atoms with Crippen LogP contribution in [0.2, 0.25) is 0 Å². The smallest absolute Gasteiger partial charge is 0.227 e. The standard InChI is InChI=1S/C22H31N3O3/c1-3-16(2)18-8-4-5-9-19(18)25-15-17(14-21(25)27)22(28)23-11-7-13-24-12-6-10-20(24)26/h4-5,8-9,16-17H,3,6-7,10-15H2,1-2H3,(H,23,28). The van der Waals surface area contributed by atoms with Gasteiger partial charge in [-0.1, -0.05) is 32.0 Å². The van der Waals surface area contributed by atoms with Gasteiger partial charge in [0.15, 0.2) is 0 Å². The number of carbonyl (C=O) groups is 3. The van der Waals surface area contributed by atoms with E-state index in [9.17, 15) is 14.4 Å². The molecule has 1 aromatic rings. The second kappa shape index (κ2) is 9.22. The van der Waals surface area contributed by atoms with E-state index < -0.39 is 0 Å². The van der Waals surface area contributed by atoms with Crippen molar-refractivity contribution in [3.8, 4) is 0 Å². The maximum absolute atomic E-state index is 12.6. The molecular weight excluding hydrogens is 354 g/mol. The van der Waals surface area contributed by atoms with Gasteiger partial charge in [0.2, 0.25) is 17.7 Å². The normalized spacial score (nSPS) is 20.7. The number of nitrogens with one attached hydrogen (secondary N) is 1. The third-order valence-electron chi connectivity index (χ3n) is 5.94. The highest BCUT2D eigenvalue weighted by Gasteiger charge is 2.36. The maximum Gasteiger partial charge on any atom is 0.227 e. The van der Waals surface area contributed by atoms with Crippen molar-refractivity contribution >= 4 is 23.4 Å². The number of rotatable bonds is 8. The molecule has 0 bridgehead atoms. The van der Waals surface area contributed by atoms with E-state index in [1.54, 1.807) is 4.90 Å². The molecule has 0 saturated carbocycles. The van der Waals surface area contributed by atoms with Crippen LogP contribution in [0.4, 0.5) is 5.69 Å². The molecule has 2 aliphatic rings. The minimum Gasteiger partial charge on any atom is -0.356 e. The molecule has 28 heavy (non-hydrogen) atoms. The third kappa shape index (κ3) is 4.54. The highest BCUT2D eigenvalue weighted by Crippen LogP contribution is 2.33. The number of hydrogen-bond donors (Lipinski definition) is 1. The van der Waals surface area contributed by atoms with Gasteiger partial charge in [-0.2, -0.15) is 0 Å². The zero-order valence-electron chi connectivity index (χ0n) is 16.9. The number of anilines is 1. The largest absolute Gasteiger partial charge is 0.356 e. The Morgan fingerprint density at radius 2 is 2.04 bits per heavy atom. The molecule has 0 aromatic heterocycles. The fraction of sp³-hybridized carbons (Fsp3) is 0.591. The summed E-state index contributed by atoms with van der Waals surface area (Å²) in [5.74, 6) is 0.211. The van der Waals surface area contributed by atoms with E-state index in [2.05, 4.69) is 25.2 Å². The fourth-order valence-corrected chi connectivity index (χ4v) is 4.05. The summed E-state index contributed by atoms with van der Waals surface area (Å²) >= 11 is 0. The van der Waals surface area contributed by atoms with Gasteiger partial charge in [-0.15, -0.1) is 0 Å². The first-order chi connectivity index (χ1) is 13.5. The van der Waals surface area contributed by atoms with Crippen LogP contribution < -0.4 is 10.2 Å². The quantitative estimate of drug-likeness (QED) is 0.700. The van der Waals surface area contributed by atoms with Crippen LogP contribution >= 0.6 is 0 Å². The summed E-state index contributed by atoms with van der Waals surface area (Å²) in [5, 5.41) is 2.95. The van der Waals surface area contributed by atoms with E-state index in [-0.39, 0.29) is 30.1 Å². The zero-order valence-corrected chi connectivity index (χ0v) is 16.9. The maximum atomic E-state index is 12.6. The van der Waals surface area contributed by atoms with Crippen LogP contribution in [0.15, 0.2) is 24.3 Å². The lowest BCUT2D eigenvalue weighted by atomic mass is 9.96. The topological polar surface area (TPSA) is 69.7 Å². The molecule has 6 nitrogen and oxygen atoms in total. The van der Waals surface area contributed by atoms with E-state index in [1.807, 2.05) is 23.1 Å². The number of amides is 3. The summed E-state index contributed by atoms with van der Waals surface area (Å²) in [4.78, 5) is 40.4. The molecular formula is C22H31N3O3. The molecule has 0 spiro atoms. The summed E-state index contributed by atoms with van der Waals surface area (Å²) in [6, 6.07) is 8.00. The summed E-state index contributed by atoms with van der Waals surface area (Å²) < 4.78 is 0. The number of hydrogen-bond acceptors (Lipinski definition) is 3. The van der Waals surface area contributed by atoms with Crippen molar-refractivity contribution in [2.45, 2.75) is 51.9 Å². The van der Waals surface area contributed by atoms with Gasteiger partial charge in [-0.3, -0.25) is 14.4 Å². The Morgan fingerprint density at radius 3 is 2.75 bits per heavy atom. The molecule has 2 atom stereocenters. The van der Waals surface area contributed by atoms with Crippen molar-refractivity contribution in [2.24, 2.45) is 5.92 Å². The Bertz CT molecular complexity index is 733. The Morgan fingerprint density at radius 1 is 1.25 bits per heavy atom. The average molecular weight is 386 g/mol. The lowest BCUT2D eigenvalue weighted by Crippen LogP contribution is -2.35. The highest BCUT2D eigenvalue weighted by atomic mass is 16.2. The van der Waals surface area contributed by atoms with Gasteiger partial charge in [-0.25, -0.2) is 0 Å². The van der Waals surface area contributed by atoms with Crippen molar-refractivity contribution in [1.82, 2.24) is 10.2 Å². The Hall–Kier alpha value is -2.37. The van der Waals surface area contributed by atoms with Crippen LogP contribution in [0.25, 0.3) is 0 Å². The zero-order chi connectivity index (χ0) is 20.1. The second-order valence-electron chi connectivity index (χ2n) is 7.90. The summed E-state index contributed by atoms with van der Waals surface area (Å²) in [5.41, 5.74) is 2.10. The van der Waals surface area contributed by atoms with Crippen LogP contribution in [0, 0.1) is 5.92 Å². The molecule has 2 heterocycles. The van der Waals surface area contributed by atoms with Crippen LogP contribution in [0.3, 0.4) is 0 Å². The molecule has 0 radical (unpaired) electrons. The van der Waals surface area contributed by atoms with E-state index in [0.717, 1.165) is 37.1 Å². The number of nitrogens with zero attached hydrogens (tertiary/aromatic N) is 2. The lowest BCUT2D eigenvalue weighted by molar-refractivity contribution is -0.127. The molecule has 2 saturated heterocycles. The van der Waals surface area contributed by atoms with E-state index in [1.165, 1.54) is 0 Å². The van der Waals surface area contributed by atoms with Crippen molar-refractivity contribution in [2.75, 3.05) is 31.1 Å². The first-order valence-electron chi connectivity index (χ1n) is 10.5. The van der Waals surface area contributed by atoms with Crippen molar-refractivity contribution in [3.05, 3.63) is 29.8 Å². The molecule has 3 rings (SSSR count). The third-order valence-corrected chi connectivity index (χ3v) is 5.94. The summed E-state index contributed by atoms with van der Waals surface area (Å²) in [6.45, 7) is 6.79. The minimum absolute atomic E-state index is 0.0126. The van der Waals surface area contributed by atoms with Crippen molar-refractivity contribution < 1.29 is 14.4 Å². The Kier molecular flexibility index (Phi) is 6.70. The molecule has 0 aliphatic carbocycles. The molecule has 2 fully saturated rings. The molecule has 152 valence electrons. The Labute approximate surface area is 167 Å². The number of para-hydroxylation sites is 1. The van der Waals surface area contributed by atoms with Crippen LogP contribution in [-0.4, -0.2) is 48.8 Å². The lowest BCUT2D eigenvalue weighted by Gasteiger charge is -2.23. The van der Waals surface area contributed by atoms with Crippen molar-refractivity contribution in [1.29, 1.82) is 0 Å². The molecule has 1 aromatic carbocycles. The highest BCUT2D eigenvalue weighted by molar-refractivity contribution is 6.00. The van der Waals surface area contributed by atoms with Crippen LogP contribution in [0.5, 0.6) is 0 Å². The van der Waals surface area contributed by atoms with Gasteiger partial charge in [0.1, 0.15) is 0 Å². The SMILES string of the molecule is CCC(C)c1ccccc1N1CC(C(=O)NCCCN2CCCC2=O)CC1=O. The molecule has 1 N–H and O–H groups in total. The number of carbonyl (C=O) groups excluding carboxylic acids is 3.